The highest BCUT2D eigenvalue weighted by molar-refractivity contribution is 14.1. The fraction of sp³-hybridized carbons (Fsp3) is 0.250. The molecule has 2 N–H and O–H groups in total. The highest BCUT2D eigenvalue weighted by Crippen LogP contribution is 2.25. The van der Waals surface area contributed by atoms with Crippen molar-refractivity contribution in [1.29, 1.82) is 0 Å². The van der Waals surface area contributed by atoms with Crippen LogP contribution in [0.2, 0.25) is 0 Å². The van der Waals surface area contributed by atoms with Crippen molar-refractivity contribution < 1.29 is 13.6 Å². The summed E-state index contributed by atoms with van der Waals surface area (Å²) in [5.74, 6) is 0. The monoisotopic (exact) mass is 312 g/mol. The van der Waals surface area contributed by atoms with Gasteiger partial charge in [-0.3, -0.25) is 4.79 Å². The summed E-state index contributed by atoms with van der Waals surface area (Å²) in [4.78, 5) is 13.9. The molecule has 0 saturated heterocycles. The minimum atomic E-state index is -2.69. The molecule has 0 aliphatic rings. The molecule has 0 fully saturated rings. The molecule has 1 rings (SSSR count). The first-order valence-electron chi connectivity index (χ1n) is 3.72. The Labute approximate surface area is 92.8 Å². The van der Waals surface area contributed by atoms with Gasteiger partial charge in [0, 0.05) is 10.1 Å². The molecule has 0 saturated carbocycles. The van der Waals surface area contributed by atoms with E-state index in [1.165, 1.54) is 6.07 Å². The van der Waals surface area contributed by atoms with Gasteiger partial charge in [0.25, 0.3) is 6.43 Å². The number of nitrogens with two attached hydrogens (primary N) is 1. The molecule has 0 aliphatic carbocycles. The van der Waals surface area contributed by atoms with Crippen LogP contribution in [0.25, 0.3) is 0 Å². The van der Waals surface area contributed by atoms with Crippen molar-refractivity contribution >= 4 is 28.9 Å². The summed E-state index contributed by atoms with van der Waals surface area (Å²) < 4.78 is 25.2. The summed E-state index contributed by atoms with van der Waals surface area (Å²) in [6.45, 7) is 0.112. The second kappa shape index (κ2) is 4.74. The Kier molecular flexibility index (Phi) is 3.87. The lowest BCUT2D eigenvalue weighted by Gasteiger charge is -2.07. The summed E-state index contributed by atoms with van der Waals surface area (Å²) in [5.41, 5.74) is 5.47. The number of pyridine rings is 1. The van der Waals surface area contributed by atoms with Crippen LogP contribution in [0.4, 0.5) is 8.78 Å². The topological polar surface area (TPSA) is 56.0 Å². The highest BCUT2D eigenvalue weighted by Gasteiger charge is 2.17. The minimum Gasteiger partial charge on any atom is -0.326 e. The molecule has 0 atom stereocenters. The zero-order chi connectivity index (χ0) is 10.7. The van der Waals surface area contributed by atoms with Gasteiger partial charge in [-0.05, 0) is 34.2 Å². The van der Waals surface area contributed by atoms with Crippen LogP contribution in [0.15, 0.2) is 6.07 Å². The molecule has 14 heavy (non-hydrogen) atoms. The van der Waals surface area contributed by atoms with Crippen LogP contribution < -0.4 is 5.73 Å². The number of halogens is 3. The van der Waals surface area contributed by atoms with Crippen molar-refractivity contribution in [3.63, 3.8) is 0 Å². The number of hydrogen-bond acceptors (Lipinski definition) is 3. The lowest BCUT2D eigenvalue weighted by Crippen LogP contribution is -2.07. The Balaban J connectivity index is 3.34. The molecule has 6 heteroatoms. The van der Waals surface area contributed by atoms with Crippen LogP contribution in [0, 0.1) is 3.57 Å². The molecule has 0 amide bonds. The van der Waals surface area contributed by atoms with Crippen molar-refractivity contribution in [1.82, 2.24) is 4.98 Å². The predicted octanol–water partition coefficient (Wildman–Crippen LogP) is 1.90. The third kappa shape index (κ3) is 2.24. The molecule has 0 aliphatic heterocycles. The van der Waals surface area contributed by atoms with Crippen molar-refractivity contribution in [2.24, 2.45) is 5.73 Å². The number of rotatable bonds is 3. The van der Waals surface area contributed by atoms with Gasteiger partial charge >= 0.3 is 0 Å². The lowest BCUT2D eigenvalue weighted by molar-refractivity contribution is 0.111. The van der Waals surface area contributed by atoms with Gasteiger partial charge in [0.05, 0.1) is 0 Å². The molecule has 1 aromatic rings. The van der Waals surface area contributed by atoms with Crippen LogP contribution in [-0.2, 0) is 6.54 Å². The molecule has 0 radical (unpaired) electrons. The highest BCUT2D eigenvalue weighted by atomic mass is 127. The van der Waals surface area contributed by atoms with E-state index in [-0.39, 0.29) is 17.9 Å². The third-order valence-electron chi connectivity index (χ3n) is 1.63. The van der Waals surface area contributed by atoms with Gasteiger partial charge in [0.1, 0.15) is 11.4 Å². The number of carbonyl (C=O) groups excluding carboxylic acids is 1. The number of carbonyl (C=O) groups is 1. The Hall–Kier alpha value is -0.630. The smallest absolute Gasteiger partial charge is 0.281 e. The van der Waals surface area contributed by atoms with Crippen LogP contribution in [-0.4, -0.2) is 11.3 Å². The summed E-state index contributed by atoms with van der Waals surface area (Å²) in [5, 5.41) is 0. The van der Waals surface area contributed by atoms with E-state index in [9.17, 15) is 13.6 Å². The number of nitrogens with zero attached hydrogens (tertiary/aromatic N) is 1. The average Bonchev–Trinajstić information content (AvgIpc) is 2.17. The Morgan fingerprint density at radius 2 is 2.29 bits per heavy atom. The van der Waals surface area contributed by atoms with Crippen LogP contribution in [0.3, 0.4) is 0 Å². The maximum Gasteiger partial charge on any atom is 0.281 e. The molecule has 0 spiro atoms. The van der Waals surface area contributed by atoms with E-state index in [2.05, 4.69) is 4.98 Å². The zero-order valence-corrected chi connectivity index (χ0v) is 9.16. The van der Waals surface area contributed by atoms with E-state index in [1.54, 1.807) is 22.6 Å². The van der Waals surface area contributed by atoms with Gasteiger partial charge in [0.2, 0.25) is 0 Å². The summed E-state index contributed by atoms with van der Waals surface area (Å²) in [7, 11) is 0. The second-order valence-corrected chi connectivity index (χ2v) is 3.61. The summed E-state index contributed by atoms with van der Waals surface area (Å²) in [6, 6.07) is 1.42. The maximum atomic E-state index is 12.4. The number of alkyl halides is 2. The molecule has 76 valence electrons. The number of aromatic nitrogens is 1. The molecule has 0 bridgehead atoms. The summed E-state index contributed by atoms with van der Waals surface area (Å²) >= 11 is 1.75. The average molecular weight is 312 g/mol. The van der Waals surface area contributed by atoms with E-state index in [4.69, 9.17) is 5.73 Å². The largest absolute Gasteiger partial charge is 0.326 e. The lowest BCUT2D eigenvalue weighted by atomic mass is 10.2. The van der Waals surface area contributed by atoms with Crippen molar-refractivity contribution in [3.05, 3.63) is 26.6 Å². The van der Waals surface area contributed by atoms with E-state index >= 15 is 0 Å². The van der Waals surface area contributed by atoms with Gasteiger partial charge < -0.3 is 5.73 Å². The van der Waals surface area contributed by atoms with Crippen molar-refractivity contribution in [2.75, 3.05) is 0 Å². The van der Waals surface area contributed by atoms with Crippen LogP contribution in [0.5, 0.6) is 0 Å². The molecule has 3 nitrogen and oxygen atoms in total. The number of hydrogen-bond donors (Lipinski definition) is 1. The van der Waals surface area contributed by atoms with E-state index in [0.29, 0.717) is 15.4 Å². The Bertz CT molecular complexity index is 357. The van der Waals surface area contributed by atoms with Gasteiger partial charge in [-0.15, -0.1) is 0 Å². The van der Waals surface area contributed by atoms with Gasteiger partial charge in [-0.1, -0.05) is 0 Å². The van der Waals surface area contributed by atoms with Gasteiger partial charge in [-0.2, -0.15) is 0 Å². The molecular formula is C8H7F2IN2O. The van der Waals surface area contributed by atoms with Crippen LogP contribution in [0.1, 0.15) is 28.2 Å². The first-order valence-corrected chi connectivity index (χ1v) is 4.80. The zero-order valence-electron chi connectivity index (χ0n) is 7.01. The fourth-order valence-electron chi connectivity index (χ4n) is 0.980. The Morgan fingerprint density at radius 1 is 1.64 bits per heavy atom. The third-order valence-corrected chi connectivity index (χ3v) is 2.87. The van der Waals surface area contributed by atoms with Gasteiger partial charge in [-0.25, -0.2) is 13.8 Å². The predicted molar refractivity (Wildman–Crippen MR) is 55.2 cm³/mol. The molecule has 0 aromatic carbocycles. The standard InChI is InChI=1S/C8H7F2IN2O/c9-8(10)7-6(11)4(2-12)1-5(3-14)13-7/h1,3,8H,2,12H2. The molecule has 0 unspecified atom stereocenters. The summed E-state index contributed by atoms with van der Waals surface area (Å²) in [6.07, 6.45) is -2.26. The first-order chi connectivity index (χ1) is 6.60. The van der Waals surface area contributed by atoms with E-state index < -0.39 is 6.43 Å². The second-order valence-electron chi connectivity index (χ2n) is 2.53. The van der Waals surface area contributed by atoms with Crippen molar-refractivity contribution in [2.45, 2.75) is 13.0 Å². The molecule has 1 aromatic heterocycles. The maximum absolute atomic E-state index is 12.4. The van der Waals surface area contributed by atoms with Crippen LogP contribution >= 0.6 is 22.6 Å². The van der Waals surface area contributed by atoms with Gasteiger partial charge in [0.15, 0.2) is 6.29 Å². The van der Waals surface area contributed by atoms with E-state index in [0.717, 1.165) is 0 Å². The van der Waals surface area contributed by atoms with Crippen molar-refractivity contribution in [3.8, 4) is 0 Å². The number of aldehydes is 1. The van der Waals surface area contributed by atoms with E-state index in [1.807, 2.05) is 0 Å². The Morgan fingerprint density at radius 3 is 2.71 bits per heavy atom. The quantitative estimate of drug-likeness (QED) is 0.685. The SMILES string of the molecule is NCc1cc(C=O)nc(C(F)F)c1I. The normalized spacial score (nSPS) is 10.6. The molecule has 1 heterocycles. The minimum absolute atomic E-state index is 0.0128. The first kappa shape index (κ1) is 11.4. The fourth-order valence-corrected chi connectivity index (χ4v) is 1.71. The molecular weight excluding hydrogens is 305 g/mol.